The first kappa shape index (κ1) is 20.0. The fraction of sp³-hybridized carbons (Fsp3) is 0.625. The quantitative estimate of drug-likeness (QED) is 0.423. The fourth-order valence-corrected chi connectivity index (χ4v) is 2.34. The van der Waals surface area contributed by atoms with Gasteiger partial charge in [-0.15, -0.1) is 24.0 Å². The van der Waals surface area contributed by atoms with E-state index in [-0.39, 0.29) is 24.0 Å². The van der Waals surface area contributed by atoms with E-state index in [0.29, 0.717) is 12.6 Å². The van der Waals surface area contributed by atoms with Gasteiger partial charge >= 0.3 is 0 Å². The molecule has 130 valence electrons. The molecule has 0 aliphatic carbocycles. The van der Waals surface area contributed by atoms with Gasteiger partial charge in [-0.25, -0.2) is 4.98 Å². The largest absolute Gasteiger partial charge is 0.378 e. The standard InChI is InChI=1S/C16H27N5O.HI/c1-4-13(2)20-16(17-3)19-12-14-6-5-7-18-15(14)21-8-10-22-11-9-21;/h5-7,13H,4,8-12H2,1-3H3,(H2,17,19,20);1H. The van der Waals surface area contributed by atoms with Gasteiger partial charge in [0.1, 0.15) is 5.82 Å². The Bertz CT molecular complexity index is 491. The minimum Gasteiger partial charge on any atom is -0.378 e. The molecule has 0 aromatic carbocycles. The van der Waals surface area contributed by atoms with Gasteiger partial charge in [-0.1, -0.05) is 13.0 Å². The van der Waals surface area contributed by atoms with Gasteiger partial charge in [0, 0.05) is 44.5 Å². The molecular weight excluding hydrogens is 405 g/mol. The maximum absolute atomic E-state index is 5.42. The van der Waals surface area contributed by atoms with Crippen LogP contribution >= 0.6 is 24.0 Å². The molecule has 1 aliphatic rings. The number of hydrogen-bond acceptors (Lipinski definition) is 4. The van der Waals surface area contributed by atoms with Crippen molar-refractivity contribution in [3.63, 3.8) is 0 Å². The first-order valence-electron chi connectivity index (χ1n) is 7.98. The van der Waals surface area contributed by atoms with Crippen LogP contribution in [0.15, 0.2) is 23.3 Å². The van der Waals surface area contributed by atoms with Crippen molar-refractivity contribution in [1.82, 2.24) is 15.6 Å². The molecule has 1 aromatic heterocycles. The van der Waals surface area contributed by atoms with E-state index in [9.17, 15) is 0 Å². The summed E-state index contributed by atoms with van der Waals surface area (Å²) in [6, 6.07) is 4.49. The van der Waals surface area contributed by atoms with Gasteiger partial charge in [0.25, 0.3) is 0 Å². The topological polar surface area (TPSA) is 61.8 Å². The third-order valence-electron chi connectivity index (χ3n) is 3.84. The third-order valence-corrected chi connectivity index (χ3v) is 3.84. The summed E-state index contributed by atoms with van der Waals surface area (Å²) < 4.78 is 5.42. The monoisotopic (exact) mass is 433 g/mol. The van der Waals surface area contributed by atoms with E-state index in [1.165, 1.54) is 5.56 Å². The van der Waals surface area contributed by atoms with Crippen LogP contribution in [-0.2, 0) is 11.3 Å². The first-order valence-corrected chi connectivity index (χ1v) is 7.98. The van der Waals surface area contributed by atoms with Crippen molar-refractivity contribution in [2.75, 3.05) is 38.3 Å². The van der Waals surface area contributed by atoms with E-state index in [1.807, 2.05) is 12.3 Å². The lowest BCUT2D eigenvalue weighted by Gasteiger charge is -2.29. The van der Waals surface area contributed by atoms with Gasteiger partial charge in [-0.2, -0.15) is 0 Å². The zero-order chi connectivity index (χ0) is 15.8. The minimum absolute atomic E-state index is 0. The molecule has 0 radical (unpaired) electrons. The maximum Gasteiger partial charge on any atom is 0.191 e. The van der Waals surface area contributed by atoms with E-state index >= 15 is 0 Å². The SMILES string of the molecule is CCC(C)NC(=NC)NCc1cccnc1N1CCOCC1.I. The molecule has 1 aliphatic heterocycles. The molecule has 1 fully saturated rings. The number of rotatable bonds is 5. The molecule has 0 bridgehead atoms. The molecule has 1 atom stereocenters. The van der Waals surface area contributed by atoms with E-state index in [4.69, 9.17) is 4.74 Å². The zero-order valence-corrected chi connectivity index (χ0v) is 16.5. The van der Waals surface area contributed by atoms with Crippen LogP contribution in [0.1, 0.15) is 25.8 Å². The second-order valence-corrected chi connectivity index (χ2v) is 5.46. The number of nitrogens with one attached hydrogen (secondary N) is 2. The van der Waals surface area contributed by atoms with Crippen molar-refractivity contribution >= 4 is 35.8 Å². The summed E-state index contributed by atoms with van der Waals surface area (Å²) in [7, 11) is 1.80. The predicted molar refractivity (Wildman–Crippen MR) is 106 cm³/mol. The van der Waals surface area contributed by atoms with Gasteiger partial charge < -0.3 is 20.3 Å². The Kier molecular flexibility index (Phi) is 9.23. The summed E-state index contributed by atoms with van der Waals surface area (Å²) in [5, 5.41) is 6.74. The molecule has 2 heterocycles. The van der Waals surface area contributed by atoms with Gasteiger partial charge in [-0.3, -0.25) is 4.99 Å². The van der Waals surface area contributed by atoms with E-state index in [2.05, 4.69) is 45.4 Å². The number of aromatic nitrogens is 1. The molecule has 1 saturated heterocycles. The van der Waals surface area contributed by atoms with Crippen molar-refractivity contribution in [3.8, 4) is 0 Å². The molecule has 1 unspecified atom stereocenters. The number of ether oxygens (including phenoxy) is 1. The van der Waals surface area contributed by atoms with Crippen LogP contribution in [-0.4, -0.2) is 50.3 Å². The number of morpholine rings is 1. The lowest BCUT2D eigenvalue weighted by molar-refractivity contribution is 0.122. The highest BCUT2D eigenvalue weighted by Crippen LogP contribution is 2.18. The van der Waals surface area contributed by atoms with Crippen LogP contribution in [0.25, 0.3) is 0 Å². The Hall–Kier alpha value is -1.09. The van der Waals surface area contributed by atoms with E-state index in [0.717, 1.165) is 44.5 Å². The summed E-state index contributed by atoms with van der Waals surface area (Å²) >= 11 is 0. The molecule has 0 saturated carbocycles. The van der Waals surface area contributed by atoms with E-state index in [1.54, 1.807) is 7.05 Å². The Labute approximate surface area is 156 Å². The summed E-state index contributed by atoms with van der Waals surface area (Å²) in [5.41, 5.74) is 1.18. The van der Waals surface area contributed by atoms with Crippen molar-refractivity contribution in [2.24, 2.45) is 4.99 Å². The molecule has 6 nitrogen and oxygen atoms in total. The Morgan fingerprint density at radius 3 is 2.83 bits per heavy atom. The minimum atomic E-state index is 0. The van der Waals surface area contributed by atoms with Crippen LogP contribution < -0.4 is 15.5 Å². The highest BCUT2D eigenvalue weighted by atomic mass is 127. The summed E-state index contributed by atoms with van der Waals surface area (Å²) in [6.07, 6.45) is 2.91. The van der Waals surface area contributed by atoms with Gasteiger partial charge in [0.05, 0.1) is 13.2 Å². The second-order valence-electron chi connectivity index (χ2n) is 5.46. The van der Waals surface area contributed by atoms with Gasteiger partial charge in [0.2, 0.25) is 0 Å². The normalized spacial score (nSPS) is 16.5. The summed E-state index contributed by atoms with van der Waals surface area (Å²) in [4.78, 5) is 11.1. The average Bonchev–Trinajstić information content (AvgIpc) is 2.59. The fourth-order valence-electron chi connectivity index (χ4n) is 2.34. The lowest BCUT2D eigenvalue weighted by Crippen LogP contribution is -2.42. The molecule has 2 rings (SSSR count). The van der Waals surface area contributed by atoms with Crippen molar-refractivity contribution < 1.29 is 4.74 Å². The van der Waals surface area contributed by atoms with Crippen molar-refractivity contribution in [2.45, 2.75) is 32.9 Å². The van der Waals surface area contributed by atoms with E-state index < -0.39 is 0 Å². The Morgan fingerprint density at radius 2 is 2.17 bits per heavy atom. The Morgan fingerprint density at radius 1 is 1.43 bits per heavy atom. The number of aliphatic imine (C=N–C) groups is 1. The van der Waals surface area contributed by atoms with Gasteiger partial charge in [-0.05, 0) is 19.4 Å². The molecule has 1 aromatic rings. The zero-order valence-electron chi connectivity index (χ0n) is 14.2. The molecule has 2 N–H and O–H groups in total. The smallest absolute Gasteiger partial charge is 0.191 e. The molecule has 0 spiro atoms. The van der Waals surface area contributed by atoms with Crippen molar-refractivity contribution in [3.05, 3.63) is 23.9 Å². The van der Waals surface area contributed by atoms with Crippen LogP contribution in [0.5, 0.6) is 0 Å². The number of halogens is 1. The molecule has 23 heavy (non-hydrogen) atoms. The van der Waals surface area contributed by atoms with Crippen LogP contribution in [0, 0.1) is 0 Å². The Balaban J connectivity index is 0.00000264. The number of anilines is 1. The first-order chi connectivity index (χ1) is 10.7. The third kappa shape index (κ3) is 6.14. The summed E-state index contributed by atoms with van der Waals surface area (Å²) in [6.45, 7) is 8.32. The number of hydrogen-bond donors (Lipinski definition) is 2. The second kappa shape index (κ2) is 10.6. The van der Waals surface area contributed by atoms with Gasteiger partial charge in [0.15, 0.2) is 5.96 Å². The lowest BCUT2D eigenvalue weighted by atomic mass is 10.2. The van der Waals surface area contributed by atoms with Crippen molar-refractivity contribution in [1.29, 1.82) is 0 Å². The highest BCUT2D eigenvalue weighted by Gasteiger charge is 2.15. The maximum atomic E-state index is 5.42. The number of guanidine groups is 1. The van der Waals surface area contributed by atoms with Crippen LogP contribution in [0.4, 0.5) is 5.82 Å². The average molecular weight is 433 g/mol. The number of pyridine rings is 1. The predicted octanol–water partition coefficient (Wildman–Crippen LogP) is 2.00. The number of nitrogens with zero attached hydrogens (tertiary/aromatic N) is 3. The molecule has 0 amide bonds. The molecule has 7 heteroatoms. The van der Waals surface area contributed by atoms with Crippen LogP contribution in [0.3, 0.4) is 0 Å². The highest BCUT2D eigenvalue weighted by molar-refractivity contribution is 14.0. The molecular formula is C16H28IN5O. The van der Waals surface area contributed by atoms with Crippen LogP contribution in [0.2, 0.25) is 0 Å². The summed E-state index contributed by atoms with van der Waals surface area (Å²) in [5.74, 6) is 1.86.